The van der Waals surface area contributed by atoms with Gasteiger partial charge in [0.2, 0.25) is 5.56 Å². The molecule has 27 heavy (non-hydrogen) atoms. The third-order valence-electron chi connectivity index (χ3n) is 5.00. The van der Waals surface area contributed by atoms with Gasteiger partial charge in [-0.3, -0.25) is 14.7 Å². The number of morpholine rings is 1. The second kappa shape index (κ2) is 11.8. The van der Waals surface area contributed by atoms with Crippen LogP contribution in [0.15, 0.2) is 34.2 Å². The van der Waals surface area contributed by atoms with Crippen molar-refractivity contribution in [2.45, 2.75) is 39.3 Å². The Morgan fingerprint density at radius 1 is 1.22 bits per heavy atom. The second-order valence-electron chi connectivity index (χ2n) is 7.28. The zero-order chi connectivity index (χ0) is 19.5. The van der Waals surface area contributed by atoms with E-state index in [4.69, 9.17) is 4.74 Å². The normalized spacial score (nSPS) is 17.1. The Morgan fingerprint density at radius 3 is 2.67 bits per heavy atom. The zero-order valence-corrected chi connectivity index (χ0v) is 17.0. The predicted molar refractivity (Wildman–Crippen MR) is 110 cm³/mol. The first kappa shape index (κ1) is 21.4. The third-order valence-corrected chi connectivity index (χ3v) is 5.00. The summed E-state index contributed by atoms with van der Waals surface area (Å²) < 4.78 is 7.22. The Morgan fingerprint density at radius 2 is 2.00 bits per heavy atom. The summed E-state index contributed by atoms with van der Waals surface area (Å²) >= 11 is 0. The zero-order valence-electron chi connectivity index (χ0n) is 17.0. The largest absolute Gasteiger partial charge is 0.379 e. The van der Waals surface area contributed by atoms with E-state index >= 15 is 0 Å². The van der Waals surface area contributed by atoms with Crippen LogP contribution in [0.25, 0.3) is 0 Å². The van der Waals surface area contributed by atoms with E-state index in [2.05, 4.69) is 34.4 Å². The number of nitrogens with zero attached hydrogens (tertiary/aromatic N) is 3. The van der Waals surface area contributed by atoms with Gasteiger partial charge in [0, 0.05) is 58.1 Å². The summed E-state index contributed by atoms with van der Waals surface area (Å²) in [5.41, 5.74) is 0.0609. The smallest absolute Gasteiger partial charge is 0.250 e. The van der Waals surface area contributed by atoms with E-state index in [0.717, 1.165) is 64.7 Å². The van der Waals surface area contributed by atoms with Crippen molar-refractivity contribution in [2.24, 2.45) is 10.9 Å². The lowest BCUT2D eigenvalue weighted by Gasteiger charge is -2.37. The van der Waals surface area contributed by atoms with Crippen LogP contribution >= 0.6 is 0 Å². The van der Waals surface area contributed by atoms with Gasteiger partial charge in [0.25, 0.3) is 0 Å². The molecular formula is C20H35N5O2. The number of hydrogen-bond acceptors (Lipinski definition) is 4. The van der Waals surface area contributed by atoms with Crippen molar-refractivity contribution >= 4 is 5.96 Å². The SMILES string of the molecule is CN=C(NCCCCn1ccccc1=O)NCC(C(C)C)N1CCOCC1. The third kappa shape index (κ3) is 7.34. The average Bonchev–Trinajstić information content (AvgIpc) is 2.68. The lowest BCUT2D eigenvalue weighted by molar-refractivity contribution is 0.00752. The summed E-state index contributed by atoms with van der Waals surface area (Å²) in [5, 5.41) is 6.84. The number of aryl methyl sites for hydroxylation is 1. The van der Waals surface area contributed by atoms with Crippen LogP contribution < -0.4 is 16.2 Å². The van der Waals surface area contributed by atoms with Crippen molar-refractivity contribution in [2.75, 3.05) is 46.4 Å². The molecular weight excluding hydrogens is 342 g/mol. The number of nitrogens with one attached hydrogen (secondary N) is 2. The molecule has 0 spiro atoms. The molecule has 7 nitrogen and oxygen atoms in total. The van der Waals surface area contributed by atoms with Gasteiger partial charge in [0.05, 0.1) is 13.2 Å². The van der Waals surface area contributed by atoms with E-state index in [-0.39, 0.29) is 5.56 Å². The fourth-order valence-corrected chi connectivity index (χ4v) is 3.38. The van der Waals surface area contributed by atoms with Crippen molar-refractivity contribution in [3.63, 3.8) is 0 Å². The number of unbranched alkanes of at least 4 members (excludes halogenated alkanes) is 1. The van der Waals surface area contributed by atoms with Crippen LogP contribution in [0, 0.1) is 5.92 Å². The van der Waals surface area contributed by atoms with E-state index in [0.29, 0.717) is 12.0 Å². The minimum absolute atomic E-state index is 0.0609. The number of ether oxygens (including phenoxy) is 1. The molecule has 0 amide bonds. The van der Waals surface area contributed by atoms with Gasteiger partial charge >= 0.3 is 0 Å². The van der Waals surface area contributed by atoms with E-state index in [1.807, 2.05) is 12.3 Å². The van der Waals surface area contributed by atoms with Gasteiger partial charge in [-0.15, -0.1) is 0 Å². The van der Waals surface area contributed by atoms with Gasteiger partial charge in [0.15, 0.2) is 5.96 Å². The molecule has 1 unspecified atom stereocenters. The first-order chi connectivity index (χ1) is 13.1. The van der Waals surface area contributed by atoms with Gasteiger partial charge in [0.1, 0.15) is 0 Å². The summed E-state index contributed by atoms with van der Waals surface area (Å²) in [6.07, 6.45) is 3.78. The molecule has 1 aromatic rings. The van der Waals surface area contributed by atoms with Crippen molar-refractivity contribution < 1.29 is 4.74 Å². The molecule has 1 fully saturated rings. The van der Waals surface area contributed by atoms with Gasteiger partial charge in [-0.25, -0.2) is 0 Å². The number of rotatable bonds is 9. The minimum atomic E-state index is 0.0609. The predicted octanol–water partition coefficient (Wildman–Crippen LogP) is 1.15. The fourth-order valence-electron chi connectivity index (χ4n) is 3.38. The molecule has 0 aromatic carbocycles. The molecule has 0 bridgehead atoms. The van der Waals surface area contributed by atoms with E-state index < -0.39 is 0 Å². The minimum Gasteiger partial charge on any atom is -0.379 e. The maximum Gasteiger partial charge on any atom is 0.250 e. The second-order valence-corrected chi connectivity index (χ2v) is 7.28. The van der Waals surface area contributed by atoms with Gasteiger partial charge in [-0.05, 0) is 24.8 Å². The van der Waals surface area contributed by atoms with E-state index in [1.165, 1.54) is 0 Å². The van der Waals surface area contributed by atoms with Crippen LogP contribution in [0.2, 0.25) is 0 Å². The molecule has 7 heteroatoms. The lowest BCUT2D eigenvalue weighted by Crippen LogP contribution is -2.52. The Kier molecular flexibility index (Phi) is 9.35. The van der Waals surface area contributed by atoms with Crippen molar-refractivity contribution in [1.82, 2.24) is 20.1 Å². The van der Waals surface area contributed by atoms with Crippen LogP contribution in [-0.4, -0.2) is 67.9 Å². The van der Waals surface area contributed by atoms with Gasteiger partial charge in [-0.2, -0.15) is 0 Å². The highest BCUT2D eigenvalue weighted by Crippen LogP contribution is 2.12. The van der Waals surface area contributed by atoms with Gasteiger partial charge < -0.3 is 19.9 Å². The van der Waals surface area contributed by atoms with Crippen LogP contribution in [0.1, 0.15) is 26.7 Å². The fraction of sp³-hybridized carbons (Fsp3) is 0.700. The molecule has 152 valence electrons. The molecule has 1 saturated heterocycles. The molecule has 2 N–H and O–H groups in total. The molecule has 1 aliphatic heterocycles. The Labute approximate surface area is 162 Å². The first-order valence-electron chi connectivity index (χ1n) is 10.0. The molecule has 1 aromatic heterocycles. The van der Waals surface area contributed by atoms with Crippen LogP contribution in [-0.2, 0) is 11.3 Å². The number of guanidine groups is 1. The molecule has 0 radical (unpaired) electrons. The first-order valence-corrected chi connectivity index (χ1v) is 10.0. The van der Waals surface area contributed by atoms with Crippen LogP contribution in [0.5, 0.6) is 0 Å². The van der Waals surface area contributed by atoms with Crippen LogP contribution in [0.4, 0.5) is 0 Å². The molecule has 1 atom stereocenters. The summed E-state index contributed by atoms with van der Waals surface area (Å²) in [7, 11) is 1.80. The number of hydrogen-bond donors (Lipinski definition) is 2. The summed E-state index contributed by atoms with van der Waals surface area (Å²) in [6.45, 7) is 10.6. The van der Waals surface area contributed by atoms with E-state index in [1.54, 1.807) is 23.7 Å². The average molecular weight is 378 g/mol. The number of aromatic nitrogens is 1. The number of aliphatic imine (C=N–C) groups is 1. The monoisotopic (exact) mass is 377 g/mol. The standard InChI is InChI=1S/C20H35N5O2/c1-17(2)18(24-12-14-27-15-13-24)16-23-20(21-3)22-9-5-7-11-25-10-6-4-8-19(25)26/h4,6,8,10,17-18H,5,7,9,11-16H2,1-3H3,(H2,21,22,23). The maximum atomic E-state index is 11.7. The molecule has 0 saturated carbocycles. The summed E-state index contributed by atoms with van der Waals surface area (Å²) in [5.74, 6) is 1.41. The summed E-state index contributed by atoms with van der Waals surface area (Å²) in [4.78, 5) is 18.5. The molecule has 0 aliphatic carbocycles. The maximum absolute atomic E-state index is 11.7. The Bertz CT molecular complexity index is 623. The van der Waals surface area contributed by atoms with Crippen molar-refractivity contribution in [1.29, 1.82) is 0 Å². The topological polar surface area (TPSA) is 70.9 Å². The Balaban J connectivity index is 1.68. The lowest BCUT2D eigenvalue weighted by atomic mass is 10.0. The van der Waals surface area contributed by atoms with Crippen molar-refractivity contribution in [3.8, 4) is 0 Å². The van der Waals surface area contributed by atoms with Crippen molar-refractivity contribution in [3.05, 3.63) is 34.7 Å². The highest BCUT2D eigenvalue weighted by atomic mass is 16.5. The number of pyridine rings is 1. The highest BCUT2D eigenvalue weighted by Gasteiger charge is 2.23. The molecule has 2 rings (SSSR count). The van der Waals surface area contributed by atoms with E-state index in [9.17, 15) is 4.79 Å². The van der Waals surface area contributed by atoms with Gasteiger partial charge in [-0.1, -0.05) is 19.9 Å². The van der Waals surface area contributed by atoms with Crippen LogP contribution in [0.3, 0.4) is 0 Å². The summed E-state index contributed by atoms with van der Waals surface area (Å²) in [6, 6.07) is 5.74. The molecule has 1 aliphatic rings. The molecule has 2 heterocycles. The quantitative estimate of drug-likeness (QED) is 0.384. The Hall–Kier alpha value is -1.86. The highest BCUT2D eigenvalue weighted by molar-refractivity contribution is 5.79.